The van der Waals surface area contributed by atoms with Gasteiger partial charge in [0.25, 0.3) is 0 Å². The third kappa shape index (κ3) is 4.05. The number of nitrogens with two attached hydrogens (primary N) is 1. The number of aromatic nitrogens is 1. The van der Waals surface area contributed by atoms with Crippen molar-refractivity contribution in [2.45, 2.75) is 46.5 Å². The van der Waals surface area contributed by atoms with Crippen molar-refractivity contribution in [1.82, 2.24) is 4.98 Å². The summed E-state index contributed by atoms with van der Waals surface area (Å²) in [6.07, 6.45) is 4.76. The Balaban J connectivity index is 2.18. The SMILES string of the molecule is CCCCCCOc1ccc(-c2c(C)c(C)nc(N)c2C#N)cc1. The number of pyridine rings is 1. The van der Waals surface area contributed by atoms with Crippen LogP contribution < -0.4 is 10.5 Å². The smallest absolute Gasteiger partial charge is 0.142 e. The van der Waals surface area contributed by atoms with Gasteiger partial charge in [0.05, 0.1) is 6.61 Å². The number of hydrogen-bond acceptors (Lipinski definition) is 4. The monoisotopic (exact) mass is 323 g/mol. The molecule has 0 aliphatic rings. The van der Waals surface area contributed by atoms with Crippen molar-refractivity contribution in [2.75, 3.05) is 12.3 Å². The third-order valence-corrected chi connectivity index (χ3v) is 4.23. The van der Waals surface area contributed by atoms with Crippen LogP contribution in [0.4, 0.5) is 5.82 Å². The fourth-order valence-electron chi connectivity index (χ4n) is 2.73. The number of unbranched alkanes of at least 4 members (excludes halogenated alkanes) is 3. The summed E-state index contributed by atoms with van der Waals surface area (Å²) in [5, 5.41) is 9.42. The van der Waals surface area contributed by atoms with Crippen LogP contribution in [0.15, 0.2) is 24.3 Å². The Morgan fingerprint density at radius 1 is 1.12 bits per heavy atom. The number of hydrogen-bond donors (Lipinski definition) is 1. The maximum Gasteiger partial charge on any atom is 0.142 e. The molecule has 0 atom stereocenters. The van der Waals surface area contributed by atoms with Crippen LogP contribution in [0.5, 0.6) is 5.75 Å². The normalized spacial score (nSPS) is 10.4. The van der Waals surface area contributed by atoms with Crippen molar-refractivity contribution in [3.63, 3.8) is 0 Å². The first kappa shape index (κ1) is 17.8. The molecule has 2 N–H and O–H groups in total. The zero-order valence-corrected chi connectivity index (χ0v) is 14.7. The standard InChI is InChI=1S/C20H25N3O/c1-4-5-6-7-12-24-17-10-8-16(9-11-17)19-14(2)15(3)23-20(22)18(19)13-21/h8-11H,4-7,12H2,1-3H3,(H2,22,23). The molecule has 2 aromatic rings. The molecule has 126 valence electrons. The van der Waals surface area contributed by atoms with Gasteiger partial charge in [-0.3, -0.25) is 0 Å². The van der Waals surface area contributed by atoms with Gasteiger partial charge >= 0.3 is 0 Å². The molecular formula is C20H25N3O. The maximum atomic E-state index is 9.42. The van der Waals surface area contributed by atoms with E-state index < -0.39 is 0 Å². The van der Waals surface area contributed by atoms with Crippen LogP contribution in [0.3, 0.4) is 0 Å². The van der Waals surface area contributed by atoms with Crippen LogP contribution in [0.1, 0.15) is 49.4 Å². The summed E-state index contributed by atoms with van der Waals surface area (Å²) in [6, 6.07) is 10.0. The fraction of sp³-hybridized carbons (Fsp3) is 0.400. The number of rotatable bonds is 7. The summed E-state index contributed by atoms with van der Waals surface area (Å²) < 4.78 is 5.78. The number of nitrogen functional groups attached to an aromatic ring is 1. The van der Waals surface area contributed by atoms with E-state index in [2.05, 4.69) is 18.0 Å². The van der Waals surface area contributed by atoms with E-state index >= 15 is 0 Å². The predicted molar refractivity (Wildman–Crippen MR) is 97.9 cm³/mol. The van der Waals surface area contributed by atoms with E-state index in [1.807, 2.05) is 38.1 Å². The Kier molecular flexibility index (Phi) is 6.20. The maximum absolute atomic E-state index is 9.42. The minimum absolute atomic E-state index is 0.284. The molecule has 0 saturated carbocycles. The molecule has 1 aromatic carbocycles. The summed E-state index contributed by atoms with van der Waals surface area (Å²) in [5.74, 6) is 1.14. The lowest BCUT2D eigenvalue weighted by atomic mass is 9.95. The van der Waals surface area contributed by atoms with Crippen molar-refractivity contribution < 1.29 is 4.74 Å². The Hall–Kier alpha value is -2.54. The zero-order valence-electron chi connectivity index (χ0n) is 14.7. The highest BCUT2D eigenvalue weighted by Gasteiger charge is 2.15. The van der Waals surface area contributed by atoms with Crippen LogP contribution >= 0.6 is 0 Å². The second kappa shape index (κ2) is 8.35. The summed E-state index contributed by atoms with van der Waals surface area (Å²) >= 11 is 0. The van der Waals surface area contributed by atoms with Gasteiger partial charge in [-0.05, 0) is 43.5 Å². The molecule has 0 aliphatic heterocycles. The first-order valence-electron chi connectivity index (χ1n) is 8.48. The van der Waals surface area contributed by atoms with E-state index in [1.54, 1.807) is 0 Å². The fourth-order valence-corrected chi connectivity index (χ4v) is 2.73. The molecule has 2 rings (SSSR count). The summed E-state index contributed by atoms with van der Waals surface area (Å²) in [7, 11) is 0. The summed E-state index contributed by atoms with van der Waals surface area (Å²) in [6.45, 7) is 6.81. The molecule has 0 unspecified atom stereocenters. The number of benzene rings is 1. The molecule has 24 heavy (non-hydrogen) atoms. The van der Waals surface area contributed by atoms with Crippen LogP contribution in [-0.4, -0.2) is 11.6 Å². The van der Waals surface area contributed by atoms with Crippen molar-refractivity contribution in [3.8, 4) is 22.9 Å². The second-order valence-corrected chi connectivity index (χ2v) is 6.00. The summed E-state index contributed by atoms with van der Waals surface area (Å²) in [4.78, 5) is 4.24. The van der Waals surface area contributed by atoms with Gasteiger partial charge < -0.3 is 10.5 Å². The molecular weight excluding hydrogens is 298 g/mol. The first-order valence-corrected chi connectivity index (χ1v) is 8.48. The van der Waals surface area contributed by atoms with Crippen molar-refractivity contribution in [2.24, 2.45) is 0 Å². The van der Waals surface area contributed by atoms with Gasteiger partial charge in [0.1, 0.15) is 23.2 Å². The minimum Gasteiger partial charge on any atom is -0.494 e. The van der Waals surface area contributed by atoms with Crippen LogP contribution in [0.2, 0.25) is 0 Å². The quantitative estimate of drug-likeness (QED) is 0.744. The second-order valence-electron chi connectivity index (χ2n) is 6.00. The average molecular weight is 323 g/mol. The molecule has 4 nitrogen and oxygen atoms in total. The first-order chi connectivity index (χ1) is 11.6. The lowest BCUT2D eigenvalue weighted by molar-refractivity contribution is 0.305. The third-order valence-electron chi connectivity index (χ3n) is 4.23. The highest BCUT2D eigenvalue weighted by Crippen LogP contribution is 2.32. The Morgan fingerprint density at radius 2 is 1.83 bits per heavy atom. The highest BCUT2D eigenvalue weighted by atomic mass is 16.5. The van der Waals surface area contributed by atoms with Gasteiger partial charge in [-0.25, -0.2) is 4.98 Å². The topological polar surface area (TPSA) is 71.9 Å². The largest absolute Gasteiger partial charge is 0.494 e. The van der Waals surface area contributed by atoms with Gasteiger partial charge in [0.15, 0.2) is 0 Å². The number of aryl methyl sites for hydroxylation is 1. The molecule has 0 spiro atoms. The van der Waals surface area contributed by atoms with Gasteiger partial charge in [-0.2, -0.15) is 5.26 Å². The van der Waals surface area contributed by atoms with Crippen molar-refractivity contribution in [1.29, 1.82) is 5.26 Å². The number of nitrogens with zero attached hydrogens (tertiary/aromatic N) is 2. The Bertz CT molecular complexity index is 730. The summed E-state index contributed by atoms with van der Waals surface area (Å²) in [5.41, 5.74) is 9.99. The number of anilines is 1. The van der Waals surface area contributed by atoms with E-state index in [4.69, 9.17) is 10.5 Å². The zero-order chi connectivity index (χ0) is 17.5. The molecule has 0 saturated heterocycles. The van der Waals surface area contributed by atoms with Crippen LogP contribution in [0.25, 0.3) is 11.1 Å². The van der Waals surface area contributed by atoms with Gasteiger partial charge in [0.2, 0.25) is 0 Å². The van der Waals surface area contributed by atoms with Gasteiger partial charge in [0, 0.05) is 11.3 Å². The van der Waals surface area contributed by atoms with Gasteiger partial charge in [-0.1, -0.05) is 38.3 Å². The molecule has 0 amide bonds. The van der Waals surface area contributed by atoms with E-state index in [0.29, 0.717) is 5.56 Å². The minimum atomic E-state index is 0.284. The lowest BCUT2D eigenvalue weighted by Gasteiger charge is -2.13. The number of nitriles is 1. The van der Waals surface area contributed by atoms with Crippen LogP contribution in [-0.2, 0) is 0 Å². The van der Waals surface area contributed by atoms with Crippen molar-refractivity contribution in [3.05, 3.63) is 41.1 Å². The predicted octanol–water partition coefficient (Wildman–Crippen LogP) is 4.78. The van der Waals surface area contributed by atoms with E-state index in [0.717, 1.165) is 41.2 Å². The van der Waals surface area contributed by atoms with Crippen molar-refractivity contribution >= 4 is 5.82 Å². The van der Waals surface area contributed by atoms with Gasteiger partial charge in [-0.15, -0.1) is 0 Å². The van der Waals surface area contributed by atoms with E-state index in [9.17, 15) is 5.26 Å². The highest BCUT2D eigenvalue weighted by molar-refractivity contribution is 5.79. The van der Waals surface area contributed by atoms with Crippen LogP contribution in [0, 0.1) is 25.2 Å². The number of ether oxygens (including phenoxy) is 1. The molecule has 0 bridgehead atoms. The molecule has 0 fully saturated rings. The molecule has 4 heteroatoms. The van der Waals surface area contributed by atoms with E-state index in [1.165, 1.54) is 19.3 Å². The molecule has 1 aromatic heterocycles. The molecule has 0 radical (unpaired) electrons. The average Bonchev–Trinajstić information content (AvgIpc) is 2.58. The Morgan fingerprint density at radius 3 is 2.46 bits per heavy atom. The molecule has 1 heterocycles. The Labute approximate surface area is 144 Å². The lowest BCUT2D eigenvalue weighted by Crippen LogP contribution is -2.03. The van der Waals surface area contributed by atoms with E-state index in [-0.39, 0.29) is 5.82 Å². The molecule has 0 aliphatic carbocycles.